The average Bonchev–Trinajstić information content (AvgIpc) is 3.42. The number of pyridine rings is 2. The number of nitrogens with zero attached hydrogens (tertiary/aromatic N) is 7. The van der Waals surface area contributed by atoms with Gasteiger partial charge in [-0.2, -0.15) is 0 Å². The summed E-state index contributed by atoms with van der Waals surface area (Å²) in [6.45, 7) is 4.58. The van der Waals surface area contributed by atoms with Gasteiger partial charge in [-0.05, 0) is 142 Å². The highest BCUT2D eigenvalue weighted by molar-refractivity contribution is 6.31. The molecule has 8 aromatic rings. The number of aldehydes is 1. The van der Waals surface area contributed by atoms with E-state index in [-0.39, 0.29) is 17.1 Å². The van der Waals surface area contributed by atoms with E-state index in [9.17, 15) is 9.90 Å². The number of piperidine rings is 2. The first-order valence-corrected chi connectivity index (χ1v) is 24.1. The SMILES string of the molecule is COc1cccc(-c2cnc(-c3ccncc3)nc2C2CCN(Cc3ccc(Cl)cc3O)CC2)c1.COc1cccc(-c2cnc(-c3ccncc3)nc2C2CCNCC2)c1.O=Cc1ccc(Cl)cc1O. The highest BCUT2D eigenvalue weighted by atomic mass is 35.5. The minimum Gasteiger partial charge on any atom is -0.508 e. The third kappa shape index (κ3) is 13.1. The molecule has 15 heteroatoms. The van der Waals surface area contributed by atoms with Gasteiger partial charge in [0.2, 0.25) is 0 Å². The van der Waals surface area contributed by atoms with Gasteiger partial charge in [0.05, 0.1) is 31.2 Å². The number of rotatable bonds is 11. The molecular weight excluding hydrogens is 936 g/mol. The first-order valence-electron chi connectivity index (χ1n) is 23.4. The Balaban J connectivity index is 0.000000164. The van der Waals surface area contributed by atoms with E-state index in [1.54, 1.807) is 51.1 Å². The summed E-state index contributed by atoms with van der Waals surface area (Å²) in [7, 11) is 3.37. The molecule has 0 saturated carbocycles. The number of ether oxygens (including phenoxy) is 2. The molecule has 10 rings (SSSR count). The first kappa shape index (κ1) is 50.1. The van der Waals surface area contributed by atoms with Crippen LogP contribution in [-0.4, -0.2) is 91.7 Å². The van der Waals surface area contributed by atoms with Crippen LogP contribution < -0.4 is 14.8 Å². The standard InChI is InChI=1S/C28H27ClN4O2.C21H22N4O.C7H5ClO2/c1-35-24-4-2-3-21(15-24)25-17-31-28(20-7-11-30-12-8-20)32-27(25)19-9-13-33(14-10-19)18-22-5-6-23(29)16-26(22)34;1-26-18-4-2-3-17(13-18)19-14-24-21(16-7-11-23-12-8-16)25-20(19)15-5-9-22-10-6-15;8-6-2-1-5(4-9)7(10)3-6/h2-8,11-12,15-17,19,34H,9-10,13-14,18H2,1H3;2-4,7-8,11-15,22H,5-6,9-10H2,1H3;1-4,10H. The van der Waals surface area contributed by atoms with E-state index in [0.29, 0.717) is 40.5 Å². The third-order valence-corrected chi connectivity index (χ3v) is 13.0. The Kier molecular flexibility index (Phi) is 17.3. The number of nitrogens with one attached hydrogen (secondary N) is 1. The summed E-state index contributed by atoms with van der Waals surface area (Å²) in [4.78, 5) is 40.1. The van der Waals surface area contributed by atoms with Crippen LogP contribution in [0, 0.1) is 0 Å². The molecule has 0 bridgehead atoms. The molecule has 0 spiro atoms. The van der Waals surface area contributed by atoms with Crippen molar-refractivity contribution in [3.05, 3.63) is 179 Å². The Morgan fingerprint density at radius 3 is 1.59 bits per heavy atom. The van der Waals surface area contributed by atoms with Crippen LogP contribution in [-0.2, 0) is 6.54 Å². The number of methoxy groups -OCH3 is 2. The molecule has 0 amide bonds. The number of likely N-dealkylation sites (tertiary alicyclic amines) is 1. The van der Waals surface area contributed by atoms with Crippen molar-refractivity contribution in [1.29, 1.82) is 0 Å². The maximum Gasteiger partial charge on any atom is 0.159 e. The van der Waals surface area contributed by atoms with Crippen LogP contribution in [0.15, 0.2) is 146 Å². The first-order chi connectivity index (χ1) is 34.7. The Morgan fingerprint density at radius 2 is 1.11 bits per heavy atom. The van der Waals surface area contributed by atoms with Crippen LogP contribution in [0.4, 0.5) is 0 Å². The van der Waals surface area contributed by atoms with E-state index >= 15 is 0 Å². The fourth-order valence-corrected chi connectivity index (χ4v) is 9.04. The Hall–Kier alpha value is -7.29. The number of phenolic OH excluding ortho intramolecular Hbond substituents is 2. The van der Waals surface area contributed by atoms with Crippen LogP contribution in [0.1, 0.15) is 64.8 Å². The number of phenols is 2. The number of hydrogen-bond donors (Lipinski definition) is 3. The van der Waals surface area contributed by atoms with Crippen LogP contribution in [0.2, 0.25) is 10.0 Å². The van der Waals surface area contributed by atoms with Crippen LogP contribution in [0.25, 0.3) is 45.0 Å². The lowest BCUT2D eigenvalue weighted by atomic mass is 9.88. The molecule has 2 fully saturated rings. The Labute approximate surface area is 423 Å². The van der Waals surface area contributed by atoms with Gasteiger partial charge in [0, 0.05) is 93.4 Å². The van der Waals surface area contributed by atoms with Crippen LogP contribution in [0.3, 0.4) is 0 Å². The zero-order valence-electron chi connectivity index (χ0n) is 39.5. The molecular formula is C56H54Cl2N8O5. The van der Waals surface area contributed by atoms with Crippen molar-refractivity contribution < 1.29 is 24.5 Å². The van der Waals surface area contributed by atoms with Gasteiger partial charge in [-0.1, -0.05) is 53.5 Å². The van der Waals surface area contributed by atoms with E-state index in [1.807, 2.05) is 79.1 Å². The number of halogens is 2. The smallest absolute Gasteiger partial charge is 0.159 e. The number of carbonyl (C=O) groups excluding carboxylic acids is 1. The van der Waals surface area contributed by atoms with Crippen molar-refractivity contribution in [2.45, 2.75) is 44.1 Å². The molecule has 0 aliphatic carbocycles. The summed E-state index contributed by atoms with van der Waals surface area (Å²) >= 11 is 11.5. The fraction of sp³-hybridized carbons (Fsp3) is 0.232. The highest BCUT2D eigenvalue weighted by Crippen LogP contribution is 2.38. The maximum absolute atomic E-state index is 10.3. The normalized spacial score (nSPS) is 14.0. The number of hydrogen-bond acceptors (Lipinski definition) is 13. The van der Waals surface area contributed by atoms with E-state index in [0.717, 1.165) is 120 Å². The summed E-state index contributed by atoms with van der Waals surface area (Å²) in [6.07, 6.45) is 15.7. The van der Waals surface area contributed by atoms with Gasteiger partial charge in [0.25, 0.3) is 0 Å². The number of aromatic nitrogens is 6. The zero-order valence-corrected chi connectivity index (χ0v) is 41.0. The molecule has 2 aliphatic rings. The molecule has 4 aromatic carbocycles. The number of benzene rings is 4. The molecule has 71 heavy (non-hydrogen) atoms. The minimum atomic E-state index is -0.0810. The quantitative estimate of drug-likeness (QED) is 0.105. The molecule has 0 unspecified atom stereocenters. The average molecular weight is 990 g/mol. The summed E-state index contributed by atoms with van der Waals surface area (Å²) in [6, 6.07) is 33.6. The van der Waals surface area contributed by atoms with Crippen molar-refractivity contribution in [2.24, 2.45) is 0 Å². The lowest BCUT2D eigenvalue weighted by molar-refractivity contribution is 0.112. The van der Waals surface area contributed by atoms with Gasteiger partial charge in [-0.25, -0.2) is 19.9 Å². The van der Waals surface area contributed by atoms with Crippen LogP contribution >= 0.6 is 23.2 Å². The van der Waals surface area contributed by atoms with E-state index in [4.69, 9.17) is 52.7 Å². The summed E-state index contributed by atoms with van der Waals surface area (Å²) < 4.78 is 10.9. The maximum atomic E-state index is 10.3. The molecule has 362 valence electrons. The summed E-state index contributed by atoms with van der Waals surface area (Å²) in [5.74, 6) is 4.02. The summed E-state index contributed by atoms with van der Waals surface area (Å²) in [5.41, 5.74) is 9.56. The van der Waals surface area contributed by atoms with Gasteiger partial charge in [-0.15, -0.1) is 0 Å². The largest absolute Gasteiger partial charge is 0.508 e. The van der Waals surface area contributed by atoms with Gasteiger partial charge in [0.1, 0.15) is 23.0 Å². The molecule has 6 heterocycles. The Bertz CT molecular complexity index is 3030. The van der Waals surface area contributed by atoms with Crippen molar-refractivity contribution in [3.63, 3.8) is 0 Å². The second kappa shape index (κ2) is 24.5. The highest BCUT2D eigenvalue weighted by Gasteiger charge is 2.27. The lowest BCUT2D eigenvalue weighted by Gasteiger charge is -2.32. The van der Waals surface area contributed by atoms with E-state index in [2.05, 4.69) is 43.4 Å². The van der Waals surface area contributed by atoms with Gasteiger partial charge < -0.3 is 25.0 Å². The minimum absolute atomic E-state index is 0.0810. The molecule has 2 aliphatic heterocycles. The zero-order chi connectivity index (χ0) is 49.5. The Morgan fingerprint density at radius 1 is 0.620 bits per heavy atom. The third-order valence-electron chi connectivity index (χ3n) is 12.5. The van der Waals surface area contributed by atoms with Crippen molar-refractivity contribution >= 4 is 29.5 Å². The molecule has 4 aromatic heterocycles. The molecule has 13 nitrogen and oxygen atoms in total. The fourth-order valence-electron chi connectivity index (χ4n) is 8.71. The van der Waals surface area contributed by atoms with Crippen LogP contribution in [0.5, 0.6) is 23.0 Å². The summed E-state index contributed by atoms with van der Waals surface area (Å²) in [5, 5.41) is 23.6. The monoisotopic (exact) mass is 988 g/mol. The topological polar surface area (TPSA) is 169 Å². The van der Waals surface area contributed by atoms with Gasteiger partial charge in [-0.3, -0.25) is 19.7 Å². The van der Waals surface area contributed by atoms with Gasteiger partial charge in [0.15, 0.2) is 17.9 Å². The second-order valence-corrected chi connectivity index (χ2v) is 18.0. The number of carbonyl (C=O) groups is 1. The van der Waals surface area contributed by atoms with Gasteiger partial charge >= 0.3 is 0 Å². The van der Waals surface area contributed by atoms with Crippen molar-refractivity contribution in [1.82, 2.24) is 40.1 Å². The second-order valence-electron chi connectivity index (χ2n) is 17.1. The van der Waals surface area contributed by atoms with Crippen molar-refractivity contribution in [3.8, 4) is 68.0 Å². The predicted octanol–water partition coefficient (Wildman–Crippen LogP) is 11.5. The number of aromatic hydroxyl groups is 2. The van der Waals surface area contributed by atoms with E-state index in [1.165, 1.54) is 12.1 Å². The lowest BCUT2D eigenvalue weighted by Crippen LogP contribution is -2.33. The van der Waals surface area contributed by atoms with E-state index < -0.39 is 0 Å². The molecule has 2 saturated heterocycles. The predicted molar refractivity (Wildman–Crippen MR) is 278 cm³/mol. The molecule has 3 N–H and O–H groups in total. The molecule has 0 atom stereocenters. The van der Waals surface area contributed by atoms with Crippen molar-refractivity contribution in [2.75, 3.05) is 40.4 Å². The molecule has 0 radical (unpaired) electrons.